The van der Waals surface area contributed by atoms with Gasteiger partial charge >= 0.3 is 11.1 Å². The number of methoxy groups -OCH3 is 1. The molecule has 0 radical (unpaired) electrons. The molecule has 0 saturated heterocycles. The number of thiazole rings is 1. The van der Waals surface area contributed by atoms with Crippen LogP contribution in [0.15, 0.2) is 29.6 Å². The smallest absolute Gasteiger partial charge is 0.329 e. The quantitative estimate of drug-likeness (QED) is 0.830. The first-order valence-electron chi connectivity index (χ1n) is 6.69. The largest absolute Gasteiger partial charge is 0.497 e. The average molecular weight is 307 g/mol. The number of aromatic nitrogens is 1. The van der Waals surface area contributed by atoms with E-state index in [1.165, 1.54) is 11.3 Å². The predicted molar refractivity (Wildman–Crippen MR) is 81.4 cm³/mol. The van der Waals surface area contributed by atoms with Crippen LogP contribution in [-0.4, -0.2) is 19.7 Å². The third kappa shape index (κ3) is 3.95. The summed E-state index contributed by atoms with van der Waals surface area (Å²) >= 11 is 1.42. The van der Waals surface area contributed by atoms with Crippen LogP contribution in [-0.2, 0) is 9.53 Å². The fourth-order valence-corrected chi connectivity index (χ4v) is 2.78. The lowest BCUT2D eigenvalue weighted by atomic mass is 9.93. The second kappa shape index (κ2) is 7.08. The van der Waals surface area contributed by atoms with Crippen molar-refractivity contribution in [3.05, 3.63) is 40.9 Å². The molecular weight excluding hydrogens is 288 g/mol. The number of esters is 1. The molecule has 1 aromatic heterocycles. The number of carbonyl (C=O) groups excluding carboxylic acids is 1. The molecule has 0 spiro atoms. The van der Waals surface area contributed by atoms with Gasteiger partial charge in [-0.05, 0) is 24.6 Å². The molecule has 1 aromatic carbocycles. The van der Waals surface area contributed by atoms with Crippen molar-refractivity contribution in [1.82, 2.24) is 0 Å². The number of ether oxygens (including phenoxy) is 2. The summed E-state index contributed by atoms with van der Waals surface area (Å²) < 4.78 is 10.2. The van der Waals surface area contributed by atoms with Crippen molar-refractivity contribution >= 4 is 22.4 Å². The lowest BCUT2D eigenvalue weighted by molar-refractivity contribution is -0.368. The molecule has 112 valence electrons. The zero-order valence-electron chi connectivity index (χ0n) is 12.1. The van der Waals surface area contributed by atoms with E-state index in [-0.39, 0.29) is 18.3 Å². The number of nitrogen functional groups attached to an aromatic ring is 1. The van der Waals surface area contributed by atoms with Crippen LogP contribution in [0, 0.1) is 0 Å². The van der Waals surface area contributed by atoms with E-state index in [4.69, 9.17) is 15.2 Å². The van der Waals surface area contributed by atoms with Crippen LogP contribution in [0.1, 0.15) is 30.5 Å². The summed E-state index contributed by atoms with van der Waals surface area (Å²) in [4.78, 5) is 14.9. The van der Waals surface area contributed by atoms with Gasteiger partial charge in [-0.25, -0.2) is 4.98 Å². The molecule has 0 fully saturated rings. The van der Waals surface area contributed by atoms with Gasteiger partial charge in [0.1, 0.15) is 11.4 Å². The summed E-state index contributed by atoms with van der Waals surface area (Å²) in [5.74, 6) is 0.447. The number of nitrogens with two attached hydrogens (primary N) is 1. The summed E-state index contributed by atoms with van der Waals surface area (Å²) in [6, 6.07) is 7.65. The Bertz CT molecular complexity index is 595. The Hall–Kier alpha value is -2.08. The number of rotatable bonds is 6. The highest BCUT2D eigenvalue weighted by Crippen LogP contribution is 2.29. The molecule has 1 unspecified atom stereocenters. The van der Waals surface area contributed by atoms with Gasteiger partial charge in [-0.3, -0.25) is 10.5 Å². The molecule has 5 nitrogen and oxygen atoms in total. The van der Waals surface area contributed by atoms with Gasteiger partial charge in [-0.1, -0.05) is 23.5 Å². The standard InChI is InChI=1S/C15H18N2O3S/c1-3-20-14(18)8-12(13-9-21-15(16)17-13)10-4-6-11(19-2)7-5-10/h4-7,9,12H,3,8H2,1-2H3,(H2,16,17)/p+1. The highest BCUT2D eigenvalue weighted by Gasteiger charge is 2.23. The molecule has 0 aliphatic rings. The van der Waals surface area contributed by atoms with Gasteiger partial charge in [0.2, 0.25) is 0 Å². The normalized spacial score (nSPS) is 11.9. The summed E-state index contributed by atoms with van der Waals surface area (Å²) in [7, 11) is 1.62. The van der Waals surface area contributed by atoms with Crippen LogP contribution in [0.25, 0.3) is 0 Å². The predicted octanol–water partition coefficient (Wildman–Crippen LogP) is 2.24. The van der Waals surface area contributed by atoms with Gasteiger partial charge in [0.25, 0.3) is 0 Å². The summed E-state index contributed by atoms with van der Waals surface area (Å²) in [6.45, 7) is 2.18. The van der Waals surface area contributed by atoms with Gasteiger partial charge in [0.15, 0.2) is 0 Å². The third-order valence-corrected chi connectivity index (χ3v) is 3.88. The maximum absolute atomic E-state index is 11.8. The number of nitrogens with one attached hydrogen (secondary N) is 1. The fourth-order valence-electron chi connectivity index (χ4n) is 2.13. The van der Waals surface area contributed by atoms with Crippen molar-refractivity contribution in [3.8, 4) is 5.75 Å². The zero-order chi connectivity index (χ0) is 15.2. The Morgan fingerprint density at radius 1 is 1.38 bits per heavy atom. The van der Waals surface area contributed by atoms with Crippen LogP contribution < -0.4 is 15.5 Å². The van der Waals surface area contributed by atoms with Crippen LogP contribution in [0.3, 0.4) is 0 Å². The lowest BCUT2D eigenvalue weighted by Gasteiger charge is -2.13. The van der Waals surface area contributed by atoms with Crippen molar-refractivity contribution in [2.24, 2.45) is 0 Å². The van der Waals surface area contributed by atoms with Gasteiger partial charge in [0.05, 0.1) is 26.1 Å². The van der Waals surface area contributed by atoms with E-state index >= 15 is 0 Å². The van der Waals surface area contributed by atoms with Crippen molar-refractivity contribution in [3.63, 3.8) is 0 Å². The first-order valence-corrected chi connectivity index (χ1v) is 7.57. The minimum Gasteiger partial charge on any atom is -0.497 e. The second-order valence-electron chi connectivity index (χ2n) is 4.52. The SMILES string of the molecule is CCOC(=O)CC(c1ccc(OC)cc1)c1csc(N)[nH+]1. The zero-order valence-corrected chi connectivity index (χ0v) is 12.9. The number of H-pyrrole nitrogens is 1. The molecule has 3 N–H and O–H groups in total. The van der Waals surface area contributed by atoms with Gasteiger partial charge in [0, 0.05) is 5.38 Å². The molecule has 6 heteroatoms. The molecule has 1 heterocycles. The summed E-state index contributed by atoms with van der Waals surface area (Å²) in [5.41, 5.74) is 7.68. The summed E-state index contributed by atoms with van der Waals surface area (Å²) in [6.07, 6.45) is 0.271. The molecular formula is C15H19N2O3S+. The average Bonchev–Trinajstić information content (AvgIpc) is 2.91. The van der Waals surface area contributed by atoms with E-state index < -0.39 is 0 Å². The molecule has 0 aliphatic heterocycles. The van der Waals surface area contributed by atoms with E-state index in [1.807, 2.05) is 29.6 Å². The van der Waals surface area contributed by atoms with Gasteiger partial charge < -0.3 is 9.47 Å². The Morgan fingerprint density at radius 2 is 2.10 bits per heavy atom. The molecule has 0 bridgehead atoms. The van der Waals surface area contributed by atoms with Crippen LogP contribution in [0.2, 0.25) is 0 Å². The second-order valence-corrected chi connectivity index (χ2v) is 5.43. The molecule has 0 amide bonds. The first-order chi connectivity index (χ1) is 10.1. The topological polar surface area (TPSA) is 75.7 Å². The number of carbonyl (C=O) groups is 1. The molecule has 0 saturated carbocycles. The lowest BCUT2D eigenvalue weighted by Crippen LogP contribution is -2.19. The van der Waals surface area contributed by atoms with Crippen LogP contribution in [0.5, 0.6) is 5.75 Å². The molecule has 2 aromatic rings. The molecule has 0 aliphatic carbocycles. The monoisotopic (exact) mass is 307 g/mol. The molecule has 1 atom stereocenters. The van der Waals surface area contributed by atoms with E-state index in [0.717, 1.165) is 17.0 Å². The van der Waals surface area contributed by atoms with E-state index in [0.29, 0.717) is 11.7 Å². The Labute approximate surface area is 127 Å². The Balaban J connectivity index is 2.27. The maximum Gasteiger partial charge on any atom is 0.329 e. The third-order valence-electron chi connectivity index (χ3n) is 3.15. The number of anilines is 1. The minimum absolute atomic E-state index is 0.108. The van der Waals surface area contributed by atoms with Crippen LogP contribution >= 0.6 is 11.3 Å². The molecule has 21 heavy (non-hydrogen) atoms. The van der Waals surface area contributed by atoms with Crippen molar-refractivity contribution in [2.75, 3.05) is 19.5 Å². The fraction of sp³-hybridized carbons (Fsp3) is 0.333. The Morgan fingerprint density at radius 3 is 2.62 bits per heavy atom. The maximum atomic E-state index is 11.8. The highest BCUT2D eigenvalue weighted by atomic mass is 32.1. The number of benzene rings is 1. The number of hydrogen-bond acceptors (Lipinski definition) is 5. The van der Waals surface area contributed by atoms with Crippen LogP contribution in [0.4, 0.5) is 5.13 Å². The first kappa shape index (κ1) is 15.3. The Kier molecular flexibility index (Phi) is 5.16. The van der Waals surface area contributed by atoms with Crippen molar-refractivity contribution in [1.29, 1.82) is 0 Å². The minimum atomic E-state index is -0.225. The van der Waals surface area contributed by atoms with E-state index in [9.17, 15) is 4.79 Å². The number of aromatic amines is 1. The highest BCUT2D eigenvalue weighted by molar-refractivity contribution is 7.13. The van der Waals surface area contributed by atoms with Gasteiger partial charge in [-0.15, -0.1) is 0 Å². The summed E-state index contributed by atoms with van der Waals surface area (Å²) in [5, 5.41) is 2.55. The number of hydrogen-bond donors (Lipinski definition) is 1. The van der Waals surface area contributed by atoms with Crippen molar-refractivity contribution in [2.45, 2.75) is 19.3 Å². The molecule has 2 rings (SSSR count). The van der Waals surface area contributed by atoms with Gasteiger partial charge in [-0.2, -0.15) is 0 Å². The van der Waals surface area contributed by atoms with E-state index in [2.05, 4.69) is 4.98 Å². The van der Waals surface area contributed by atoms with E-state index in [1.54, 1.807) is 14.0 Å². The van der Waals surface area contributed by atoms with Crippen molar-refractivity contribution < 1.29 is 19.3 Å².